The highest BCUT2D eigenvalue weighted by Gasteiger charge is 2.44. The predicted octanol–water partition coefficient (Wildman–Crippen LogP) is 4.02. The highest BCUT2D eigenvalue weighted by Crippen LogP contribution is 2.39. The molecule has 3 amide bonds. The number of fused-ring (bicyclic) bond motifs is 2. The molecule has 9 heteroatoms. The summed E-state index contributed by atoms with van der Waals surface area (Å²) in [6.45, 7) is 9.12. The van der Waals surface area contributed by atoms with Gasteiger partial charge in [0.25, 0.3) is 0 Å². The van der Waals surface area contributed by atoms with Gasteiger partial charge < -0.3 is 25.4 Å². The Bertz CT molecular complexity index is 1390. The zero-order chi connectivity index (χ0) is 29.1. The van der Waals surface area contributed by atoms with Gasteiger partial charge in [0.15, 0.2) is 0 Å². The summed E-state index contributed by atoms with van der Waals surface area (Å²) in [5, 5.41) is 6.10. The van der Waals surface area contributed by atoms with Crippen molar-refractivity contribution in [2.45, 2.75) is 77.5 Å². The number of nitrogens with zero attached hydrogens (tertiary/aromatic N) is 3. The van der Waals surface area contributed by atoms with E-state index in [1.807, 2.05) is 56.0 Å². The molecule has 2 saturated heterocycles. The van der Waals surface area contributed by atoms with Gasteiger partial charge in [-0.25, -0.2) is 4.98 Å². The Morgan fingerprint density at radius 3 is 2.56 bits per heavy atom. The smallest absolute Gasteiger partial charge is 0.247 e. The number of aromatic nitrogens is 2. The fourth-order valence-electron chi connectivity index (χ4n) is 6.21. The molecule has 1 aromatic heterocycles. The average Bonchev–Trinajstić information content (AvgIpc) is 3.57. The standard InChI is InChI=1S/C32H42N6O3/c1-5-33-21(4)31(40)35-26-19-37(28(39)18-20(2)3)17-16-23-14-15-27(38(23)32(26)41)30-34-25-13-9-12-24(29(25)36-30)22-10-7-6-8-11-22/h6-13,20-21,23,26-27,33H,5,14-19H2,1-4H3,(H,34,36)(H,35,40)/t21-,23+,26-,27-/m0/s1. The molecule has 0 bridgehead atoms. The van der Waals surface area contributed by atoms with Crippen LogP contribution in [0.1, 0.15) is 65.2 Å². The van der Waals surface area contributed by atoms with Gasteiger partial charge >= 0.3 is 0 Å². The van der Waals surface area contributed by atoms with E-state index in [0.29, 0.717) is 25.9 Å². The summed E-state index contributed by atoms with van der Waals surface area (Å²) in [5.74, 6) is 0.608. The number of amides is 3. The van der Waals surface area contributed by atoms with E-state index in [1.165, 1.54) is 0 Å². The fourth-order valence-corrected chi connectivity index (χ4v) is 6.21. The zero-order valence-electron chi connectivity index (χ0n) is 24.5. The third kappa shape index (κ3) is 6.15. The van der Waals surface area contributed by atoms with Crippen LogP contribution in [-0.4, -0.2) is 75.2 Å². The number of hydrogen-bond donors (Lipinski definition) is 3. The third-order valence-electron chi connectivity index (χ3n) is 8.28. The summed E-state index contributed by atoms with van der Waals surface area (Å²) in [7, 11) is 0. The molecule has 0 aliphatic carbocycles. The predicted molar refractivity (Wildman–Crippen MR) is 160 cm³/mol. The van der Waals surface area contributed by atoms with Crippen molar-refractivity contribution in [3.63, 3.8) is 0 Å². The van der Waals surface area contributed by atoms with E-state index in [-0.39, 0.29) is 42.3 Å². The lowest BCUT2D eigenvalue weighted by Crippen LogP contribution is -2.60. The minimum absolute atomic E-state index is 0.0282. The van der Waals surface area contributed by atoms with Crippen molar-refractivity contribution in [2.75, 3.05) is 19.6 Å². The van der Waals surface area contributed by atoms with E-state index in [2.05, 4.69) is 33.8 Å². The summed E-state index contributed by atoms with van der Waals surface area (Å²) in [6, 6.07) is 14.7. The van der Waals surface area contributed by atoms with E-state index in [9.17, 15) is 14.4 Å². The third-order valence-corrected chi connectivity index (χ3v) is 8.28. The van der Waals surface area contributed by atoms with Gasteiger partial charge in [-0.15, -0.1) is 0 Å². The summed E-state index contributed by atoms with van der Waals surface area (Å²) in [4.78, 5) is 52.8. The molecule has 0 saturated carbocycles. The minimum atomic E-state index is -0.827. The number of aromatic amines is 1. The van der Waals surface area contributed by atoms with Crippen LogP contribution in [0.3, 0.4) is 0 Å². The Morgan fingerprint density at radius 1 is 1.05 bits per heavy atom. The summed E-state index contributed by atoms with van der Waals surface area (Å²) in [6.07, 6.45) is 2.71. The SMILES string of the molecule is CCN[C@@H](C)C(=O)N[C@H]1CN(C(=O)CC(C)C)CC[C@H]2CC[C@@H](c3nc4c(-c5ccccc5)cccc4[nH]3)N2C1=O. The second-order valence-electron chi connectivity index (χ2n) is 11.7. The number of nitrogens with one attached hydrogen (secondary N) is 3. The summed E-state index contributed by atoms with van der Waals surface area (Å²) in [5.41, 5.74) is 3.94. The van der Waals surface area contributed by atoms with Gasteiger partial charge in [0, 0.05) is 31.1 Å². The Morgan fingerprint density at radius 2 is 1.83 bits per heavy atom. The van der Waals surface area contributed by atoms with Crippen LogP contribution in [-0.2, 0) is 14.4 Å². The van der Waals surface area contributed by atoms with Crippen LogP contribution >= 0.6 is 0 Å². The number of likely N-dealkylation sites (N-methyl/N-ethyl adjacent to an activating group) is 1. The second kappa shape index (κ2) is 12.4. The molecular weight excluding hydrogens is 516 g/mol. The normalized spacial score (nSPS) is 22.0. The molecule has 41 heavy (non-hydrogen) atoms. The molecule has 3 heterocycles. The molecule has 4 atom stereocenters. The first-order valence-electron chi connectivity index (χ1n) is 14.9. The molecule has 3 N–H and O–H groups in total. The van der Waals surface area contributed by atoms with Crippen molar-refractivity contribution >= 4 is 28.8 Å². The highest BCUT2D eigenvalue weighted by molar-refractivity contribution is 5.93. The van der Waals surface area contributed by atoms with Crippen molar-refractivity contribution in [3.8, 4) is 11.1 Å². The van der Waals surface area contributed by atoms with Gasteiger partial charge in [0.2, 0.25) is 17.7 Å². The number of rotatable bonds is 8. The highest BCUT2D eigenvalue weighted by atomic mass is 16.2. The lowest BCUT2D eigenvalue weighted by atomic mass is 10.0. The number of benzene rings is 2. The maximum absolute atomic E-state index is 14.3. The molecule has 0 spiro atoms. The molecule has 0 unspecified atom stereocenters. The van der Waals surface area contributed by atoms with E-state index in [0.717, 1.165) is 40.8 Å². The molecule has 2 fully saturated rings. The molecular formula is C32H42N6O3. The number of carbonyl (C=O) groups is 3. The molecule has 9 nitrogen and oxygen atoms in total. The molecule has 5 rings (SSSR count). The first-order valence-corrected chi connectivity index (χ1v) is 14.9. The molecule has 2 aromatic carbocycles. The topological polar surface area (TPSA) is 110 Å². The van der Waals surface area contributed by atoms with Crippen LogP contribution in [0.25, 0.3) is 22.2 Å². The van der Waals surface area contributed by atoms with Crippen molar-refractivity contribution < 1.29 is 14.4 Å². The van der Waals surface area contributed by atoms with Gasteiger partial charge in [-0.3, -0.25) is 14.4 Å². The fraction of sp³-hybridized carbons (Fsp3) is 0.500. The number of hydrogen-bond acceptors (Lipinski definition) is 5. The first kappa shape index (κ1) is 28.8. The maximum Gasteiger partial charge on any atom is 0.247 e. The largest absolute Gasteiger partial charge is 0.341 e. The van der Waals surface area contributed by atoms with Crippen LogP contribution in [0.15, 0.2) is 48.5 Å². The number of H-pyrrole nitrogens is 1. The van der Waals surface area contributed by atoms with E-state index in [4.69, 9.17) is 4.98 Å². The second-order valence-corrected chi connectivity index (χ2v) is 11.7. The van der Waals surface area contributed by atoms with Crippen LogP contribution in [0.4, 0.5) is 0 Å². The Balaban J connectivity index is 1.46. The number of para-hydroxylation sites is 1. The van der Waals surface area contributed by atoms with Crippen LogP contribution in [0.5, 0.6) is 0 Å². The molecule has 2 aliphatic heterocycles. The Kier molecular flexibility index (Phi) is 8.73. The van der Waals surface area contributed by atoms with E-state index >= 15 is 0 Å². The molecule has 0 radical (unpaired) electrons. The number of imidazole rings is 1. The van der Waals surface area contributed by atoms with Crippen LogP contribution in [0, 0.1) is 5.92 Å². The van der Waals surface area contributed by atoms with Crippen molar-refractivity contribution in [2.24, 2.45) is 5.92 Å². The minimum Gasteiger partial charge on any atom is -0.341 e. The lowest BCUT2D eigenvalue weighted by molar-refractivity contribution is -0.144. The lowest BCUT2D eigenvalue weighted by Gasteiger charge is -2.39. The van der Waals surface area contributed by atoms with E-state index < -0.39 is 12.1 Å². The van der Waals surface area contributed by atoms with Crippen LogP contribution < -0.4 is 10.6 Å². The Labute approximate surface area is 242 Å². The monoisotopic (exact) mass is 558 g/mol. The van der Waals surface area contributed by atoms with Gasteiger partial charge in [-0.2, -0.15) is 0 Å². The van der Waals surface area contributed by atoms with Gasteiger partial charge in [0.05, 0.1) is 23.1 Å². The molecule has 3 aromatic rings. The van der Waals surface area contributed by atoms with Gasteiger partial charge in [0.1, 0.15) is 11.9 Å². The van der Waals surface area contributed by atoms with Crippen molar-refractivity contribution in [3.05, 3.63) is 54.4 Å². The molecule has 218 valence electrons. The van der Waals surface area contributed by atoms with Gasteiger partial charge in [-0.05, 0) is 50.3 Å². The Hall–Kier alpha value is -3.72. The quantitative estimate of drug-likeness (QED) is 0.387. The van der Waals surface area contributed by atoms with Crippen molar-refractivity contribution in [1.82, 2.24) is 30.4 Å². The van der Waals surface area contributed by atoms with E-state index in [1.54, 1.807) is 11.8 Å². The number of carbonyl (C=O) groups excluding carboxylic acids is 3. The average molecular weight is 559 g/mol. The summed E-state index contributed by atoms with van der Waals surface area (Å²) >= 11 is 0. The molecule has 2 aliphatic rings. The maximum atomic E-state index is 14.3. The first-order chi connectivity index (χ1) is 19.8. The van der Waals surface area contributed by atoms with Crippen molar-refractivity contribution in [1.29, 1.82) is 0 Å². The van der Waals surface area contributed by atoms with Gasteiger partial charge in [-0.1, -0.05) is 63.2 Å². The zero-order valence-corrected chi connectivity index (χ0v) is 24.5. The van der Waals surface area contributed by atoms with Crippen LogP contribution in [0.2, 0.25) is 0 Å². The summed E-state index contributed by atoms with van der Waals surface area (Å²) < 4.78 is 0.